The number of alkyl halides is 5. The Morgan fingerprint density at radius 3 is 2.21 bits per heavy atom. The lowest BCUT2D eigenvalue weighted by atomic mass is 9.79. The molecule has 1 aliphatic rings. The van der Waals surface area contributed by atoms with E-state index in [1.54, 1.807) is 44.3 Å². The summed E-state index contributed by atoms with van der Waals surface area (Å²) in [5, 5.41) is 2.19. The van der Waals surface area contributed by atoms with Gasteiger partial charge in [-0.05, 0) is 47.4 Å². The van der Waals surface area contributed by atoms with Crippen LogP contribution >= 0.6 is 0 Å². The van der Waals surface area contributed by atoms with Crippen molar-refractivity contribution in [1.29, 1.82) is 0 Å². The maximum Gasteiger partial charge on any atom is 0.461 e. The molecule has 8 nitrogen and oxygen atoms in total. The van der Waals surface area contributed by atoms with Crippen LogP contribution in [0.4, 0.5) is 22.0 Å². The Bertz CT molecular complexity index is 1330. The molecule has 43 heavy (non-hydrogen) atoms. The molecule has 3 N–H and O–H groups in total. The quantitative estimate of drug-likeness (QED) is 0.369. The number of imide groups is 1. The van der Waals surface area contributed by atoms with Crippen LogP contribution in [0.15, 0.2) is 48.8 Å². The summed E-state index contributed by atoms with van der Waals surface area (Å²) in [7, 11) is 0. The second-order valence-electron chi connectivity index (χ2n) is 11.3. The van der Waals surface area contributed by atoms with Crippen LogP contribution in [0.3, 0.4) is 0 Å². The highest BCUT2D eigenvalue weighted by Crippen LogP contribution is 2.43. The number of fused-ring (bicyclic) bond motifs is 1. The summed E-state index contributed by atoms with van der Waals surface area (Å²) in [5.41, 5.74) is 7.52. The van der Waals surface area contributed by atoms with Crippen molar-refractivity contribution in [1.82, 2.24) is 15.2 Å². The Kier molecular flexibility index (Phi) is 10.6. The zero-order valence-electron chi connectivity index (χ0n) is 24.2. The number of carbonyl (C=O) groups is 4. The first-order valence-electron chi connectivity index (χ1n) is 13.8. The van der Waals surface area contributed by atoms with Crippen molar-refractivity contribution in [2.75, 3.05) is 0 Å². The van der Waals surface area contributed by atoms with Gasteiger partial charge in [-0.1, -0.05) is 58.0 Å². The van der Waals surface area contributed by atoms with Crippen LogP contribution in [0.25, 0.3) is 0 Å². The molecule has 1 aromatic carbocycles. The molecule has 3 unspecified atom stereocenters. The Balaban J connectivity index is 2.12. The molecule has 2 aromatic rings. The molecule has 0 saturated heterocycles. The van der Waals surface area contributed by atoms with Gasteiger partial charge in [-0.15, -0.1) is 0 Å². The monoisotopic (exact) mass is 610 g/mol. The van der Waals surface area contributed by atoms with Gasteiger partial charge in [-0.2, -0.15) is 22.0 Å². The molecule has 4 atom stereocenters. The lowest BCUT2D eigenvalue weighted by Crippen LogP contribution is -2.65. The Labute approximate surface area is 246 Å². The molecular weight excluding hydrogens is 575 g/mol. The van der Waals surface area contributed by atoms with Gasteiger partial charge >= 0.3 is 12.1 Å². The van der Waals surface area contributed by atoms with E-state index in [4.69, 9.17) is 5.73 Å². The van der Waals surface area contributed by atoms with Crippen molar-refractivity contribution in [3.05, 3.63) is 65.5 Å². The number of nitrogens with two attached hydrogens (primary N) is 1. The maximum atomic E-state index is 14.6. The van der Waals surface area contributed by atoms with E-state index >= 15 is 0 Å². The molecule has 0 radical (unpaired) electrons. The van der Waals surface area contributed by atoms with E-state index in [1.165, 1.54) is 32.2 Å². The van der Waals surface area contributed by atoms with Crippen molar-refractivity contribution in [3.63, 3.8) is 0 Å². The number of pyridine rings is 1. The van der Waals surface area contributed by atoms with Gasteiger partial charge in [0.2, 0.25) is 17.6 Å². The molecule has 0 fully saturated rings. The van der Waals surface area contributed by atoms with Crippen molar-refractivity contribution >= 4 is 23.4 Å². The maximum absolute atomic E-state index is 14.6. The van der Waals surface area contributed by atoms with Gasteiger partial charge in [0.15, 0.2) is 5.78 Å². The van der Waals surface area contributed by atoms with Crippen LogP contribution in [0.2, 0.25) is 0 Å². The van der Waals surface area contributed by atoms with E-state index in [2.05, 4.69) is 10.3 Å². The van der Waals surface area contributed by atoms with Gasteiger partial charge in [0, 0.05) is 18.8 Å². The number of aromatic nitrogens is 1. The number of nitrogens with zero attached hydrogens (tertiary/aromatic N) is 2. The third-order valence-electron chi connectivity index (χ3n) is 7.55. The molecule has 0 aliphatic carbocycles. The largest absolute Gasteiger partial charge is 0.461 e. The van der Waals surface area contributed by atoms with Gasteiger partial charge in [-0.3, -0.25) is 34.4 Å². The molecule has 1 aromatic heterocycles. The fraction of sp³-hybridized carbons (Fsp3) is 0.500. The third kappa shape index (κ3) is 7.32. The van der Waals surface area contributed by atoms with E-state index < -0.39 is 71.5 Å². The molecular formula is C30H35F5N4O4. The summed E-state index contributed by atoms with van der Waals surface area (Å²) in [4.78, 5) is 58.2. The fourth-order valence-electron chi connectivity index (χ4n) is 5.23. The Morgan fingerprint density at radius 1 is 1.00 bits per heavy atom. The standard InChI is InChI=1S/C30H35F5N4O4/c1-16(2)23(36)26(41)25-20-10-6-5-9-19(20)14-21(28(43)38-22(40)12-11-18-8-7-13-37-15-18)39(25)24(17(3)4)27(42)29(31,32)30(33,34)35/h5-10,13,15-17,21,23-25H,11-12,14,36H2,1-4H3,(H,38,40,43)/t21?,23-,24?,25?/m0/s1. The molecule has 0 saturated carbocycles. The molecule has 0 spiro atoms. The van der Waals surface area contributed by atoms with Crippen LogP contribution in [0.5, 0.6) is 0 Å². The van der Waals surface area contributed by atoms with Gasteiger partial charge < -0.3 is 5.73 Å². The van der Waals surface area contributed by atoms with E-state index in [-0.39, 0.29) is 24.8 Å². The normalized spacial score (nSPS) is 19.1. The summed E-state index contributed by atoms with van der Waals surface area (Å²) in [6, 6.07) is 2.87. The predicted octanol–water partition coefficient (Wildman–Crippen LogP) is 3.97. The zero-order chi connectivity index (χ0) is 32.3. The van der Waals surface area contributed by atoms with Crippen LogP contribution in [-0.2, 0) is 32.0 Å². The average molecular weight is 611 g/mol. The zero-order valence-corrected chi connectivity index (χ0v) is 24.2. The molecule has 2 amide bonds. The van der Waals surface area contributed by atoms with E-state index in [1.807, 2.05) is 0 Å². The molecule has 0 bridgehead atoms. The number of rotatable bonds is 11. The number of carbonyl (C=O) groups excluding carboxylic acids is 4. The first-order chi connectivity index (χ1) is 20.0. The summed E-state index contributed by atoms with van der Waals surface area (Å²) in [6.45, 7) is 5.73. The second-order valence-corrected chi connectivity index (χ2v) is 11.3. The topological polar surface area (TPSA) is 122 Å². The number of Topliss-reactive ketones (excluding diaryl/α,β-unsaturated/α-hetero) is 2. The predicted molar refractivity (Wildman–Crippen MR) is 147 cm³/mol. The number of aryl methyl sites for hydroxylation is 1. The summed E-state index contributed by atoms with van der Waals surface area (Å²) in [6.07, 6.45) is -3.38. The first kappa shape index (κ1) is 33.9. The SMILES string of the molecule is CC(C)C(C(=O)C(F)(F)C(F)(F)F)N1C(C(=O)NC(=O)CCc2cccnc2)Cc2ccccc2C1C(=O)[C@@H](N)C(C)C. The highest BCUT2D eigenvalue weighted by atomic mass is 19.4. The minimum absolute atomic E-state index is 0.167. The lowest BCUT2D eigenvalue weighted by molar-refractivity contribution is -0.271. The first-order valence-corrected chi connectivity index (χ1v) is 13.8. The van der Waals surface area contributed by atoms with Gasteiger partial charge in [-0.25, -0.2) is 0 Å². The van der Waals surface area contributed by atoms with Crippen LogP contribution in [-0.4, -0.2) is 63.5 Å². The number of amides is 2. The summed E-state index contributed by atoms with van der Waals surface area (Å²) in [5.74, 6) is -12.5. The van der Waals surface area contributed by atoms with E-state index in [0.717, 1.165) is 4.90 Å². The number of ketones is 2. The Hall–Kier alpha value is -3.58. The van der Waals surface area contributed by atoms with Crippen molar-refractivity contribution in [3.8, 4) is 0 Å². The molecule has 234 valence electrons. The second kappa shape index (κ2) is 13.4. The van der Waals surface area contributed by atoms with Gasteiger partial charge in [0.05, 0.1) is 24.2 Å². The molecule has 3 rings (SSSR count). The third-order valence-corrected chi connectivity index (χ3v) is 7.55. The highest BCUT2D eigenvalue weighted by molar-refractivity contribution is 6.00. The molecule has 1 aliphatic heterocycles. The molecule has 2 heterocycles. The van der Waals surface area contributed by atoms with Crippen LogP contribution < -0.4 is 11.1 Å². The summed E-state index contributed by atoms with van der Waals surface area (Å²) < 4.78 is 69.6. The number of hydrogen-bond acceptors (Lipinski definition) is 7. The van der Waals surface area contributed by atoms with E-state index in [9.17, 15) is 41.1 Å². The average Bonchev–Trinajstić information content (AvgIpc) is 2.94. The fourth-order valence-corrected chi connectivity index (χ4v) is 5.23. The van der Waals surface area contributed by atoms with Gasteiger partial charge in [0.25, 0.3) is 0 Å². The van der Waals surface area contributed by atoms with Gasteiger partial charge in [0.1, 0.15) is 0 Å². The number of hydrogen-bond donors (Lipinski definition) is 2. The summed E-state index contributed by atoms with van der Waals surface area (Å²) >= 11 is 0. The Morgan fingerprint density at radius 2 is 1.65 bits per heavy atom. The molecule has 13 heteroatoms. The highest BCUT2D eigenvalue weighted by Gasteiger charge is 2.66. The number of halogens is 5. The van der Waals surface area contributed by atoms with E-state index in [0.29, 0.717) is 11.1 Å². The number of benzene rings is 1. The number of nitrogens with one attached hydrogen (secondary N) is 1. The lowest BCUT2D eigenvalue weighted by Gasteiger charge is -2.47. The van der Waals surface area contributed by atoms with Crippen molar-refractivity contribution in [2.24, 2.45) is 17.6 Å². The van der Waals surface area contributed by atoms with Crippen LogP contribution in [0.1, 0.15) is 56.8 Å². The van der Waals surface area contributed by atoms with Crippen molar-refractivity contribution < 1.29 is 41.1 Å². The minimum Gasteiger partial charge on any atom is -0.321 e. The minimum atomic E-state index is -6.22. The van der Waals surface area contributed by atoms with Crippen LogP contribution in [0, 0.1) is 11.8 Å². The smallest absolute Gasteiger partial charge is 0.321 e. The van der Waals surface area contributed by atoms with Crippen molar-refractivity contribution in [2.45, 2.75) is 83.2 Å².